The van der Waals surface area contributed by atoms with E-state index in [1.807, 2.05) is 22.6 Å². The number of aromatic hydroxyl groups is 2. The Hall–Kier alpha value is -3.08. The summed E-state index contributed by atoms with van der Waals surface area (Å²) in [5.74, 6) is -3.37. The highest BCUT2D eigenvalue weighted by atomic mass is 127. The van der Waals surface area contributed by atoms with Crippen LogP contribution < -0.4 is 15.8 Å². The molecule has 0 spiro atoms. The number of halogens is 3. The minimum atomic E-state index is -0.938. The van der Waals surface area contributed by atoms with E-state index in [9.17, 15) is 23.8 Å². The number of primary amides is 1. The normalized spacial score (nSPS) is 10.5. The van der Waals surface area contributed by atoms with Crippen molar-refractivity contribution >= 4 is 39.9 Å². The molecule has 0 aliphatic heterocycles. The smallest absolute Gasteiger partial charge is 0.254 e. The molecular formula is C19H13F2IN2O4. The number of anilines is 2. The Morgan fingerprint density at radius 3 is 2.39 bits per heavy atom. The highest BCUT2D eigenvalue weighted by molar-refractivity contribution is 14.1. The number of carbonyl (C=O) groups is 1. The molecule has 0 fully saturated rings. The van der Waals surface area contributed by atoms with Crippen LogP contribution in [0, 0.1) is 15.2 Å². The maximum Gasteiger partial charge on any atom is 0.254 e. The Bertz CT molecular complexity index is 1080. The summed E-state index contributed by atoms with van der Waals surface area (Å²) < 4.78 is 34.4. The van der Waals surface area contributed by atoms with Crippen LogP contribution in [0.3, 0.4) is 0 Å². The molecular weight excluding hydrogens is 485 g/mol. The maximum absolute atomic E-state index is 14.1. The van der Waals surface area contributed by atoms with Gasteiger partial charge in [-0.15, -0.1) is 0 Å². The summed E-state index contributed by atoms with van der Waals surface area (Å²) >= 11 is 1.94. The summed E-state index contributed by atoms with van der Waals surface area (Å²) in [4.78, 5) is 12.0. The highest BCUT2D eigenvalue weighted by Crippen LogP contribution is 2.36. The lowest BCUT2D eigenvalue weighted by atomic mass is 10.1. The second-order valence-electron chi connectivity index (χ2n) is 5.69. The van der Waals surface area contributed by atoms with E-state index in [-0.39, 0.29) is 34.2 Å². The van der Waals surface area contributed by atoms with Crippen molar-refractivity contribution in [3.05, 3.63) is 69.3 Å². The zero-order valence-corrected chi connectivity index (χ0v) is 16.2. The van der Waals surface area contributed by atoms with E-state index in [1.54, 1.807) is 6.07 Å². The van der Waals surface area contributed by atoms with E-state index in [4.69, 9.17) is 10.5 Å². The van der Waals surface area contributed by atoms with Crippen molar-refractivity contribution in [3.8, 4) is 23.0 Å². The van der Waals surface area contributed by atoms with Gasteiger partial charge >= 0.3 is 0 Å². The van der Waals surface area contributed by atoms with Crippen LogP contribution in [0.15, 0.2) is 48.5 Å². The van der Waals surface area contributed by atoms with Crippen LogP contribution in [0.5, 0.6) is 23.0 Å². The van der Waals surface area contributed by atoms with Gasteiger partial charge in [0.15, 0.2) is 11.5 Å². The zero-order chi connectivity index (χ0) is 20.4. The van der Waals surface area contributed by atoms with Gasteiger partial charge < -0.3 is 26.0 Å². The number of rotatable bonds is 5. The van der Waals surface area contributed by atoms with Crippen molar-refractivity contribution in [2.75, 3.05) is 5.32 Å². The molecule has 0 saturated carbocycles. The number of nitrogens with two attached hydrogens (primary N) is 1. The Labute approximate surface area is 171 Å². The quantitative estimate of drug-likeness (QED) is 0.304. The Kier molecular flexibility index (Phi) is 5.54. The van der Waals surface area contributed by atoms with Gasteiger partial charge in [-0.1, -0.05) is 0 Å². The first-order valence-electron chi connectivity index (χ1n) is 7.80. The van der Waals surface area contributed by atoms with Crippen molar-refractivity contribution < 1.29 is 28.5 Å². The van der Waals surface area contributed by atoms with Gasteiger partial charge in [-0.25, -0.2) is 8.78 Å². The largest absolute Gasteiger partial charge is 0.504 e. The number of phenols is 2. The fourth-order valence-electron chi connectivity index (χ4n) is 2.44. The number of amides is 1. The molecule has 3 rings (SSSR count). The van der Waals surface area contributed by atoms with E-state index in [0.29, 0.717) is 3.57 Å². The molecule has 5 N–H and O–H groups in total. The van der Waals surface area contributed by atoms with E-state index < -0.39 is 23.3 Å². The number of benzene rings is 3. The van der Waals surface area contributed by atoms with Crippen LogP contribution in [0.2, 0.25) is 0 Å². The first-order chi connectivity index (χ1) is 13.2. The molecule has 0 aliphatic rings. The Balaban J connectivity index is 2.05. The van der Waals surface area contributed by atoms with Crippen molar-refractivity contribution in [2.24, 2.45) is 5.73 Å². The van der Waals surface area contributed by atoms with Crippen LogP contribution in [0.25, 0.3) is 0 Å². The molecule has 3 aromatic rings. The number of hydrogen-bond acceptors (Lipinski definition) is 5. The molecule has 144 valence electrons. The van der Waals surface area contributed by atoms with Crippen LogP contribution in [0.4, 0.5) is 20.2 Å². The molecule has 0 heterocycles. The van der Waals surface area contributed by atoms with Gasteiger partial charge in [-0.05, 0) is 59.0 Å². The van der Waals surface area contributed by atoms with Gasteiger partial charge in [0.05, 0.1) is 11.4 Å². The van der Waals surface area contributed by atoms with Gasteiger partial charge in [0.25, 0.3) is 5.91 Å². The summed E-state index contributed by atoms with van der Waals surface area (Å²) in [6, 6.07) is 9.79. The lowest BCUT2D eigenvalue weighted by Gasteiger charge is -2.16. The molecule has 0 bridgehead atoms. The van der Waals surface area contributed by atoms with Crippen LogP contribution in [-0.2, 0) is 0 Å². The molecule has 1 amide bonds. The standard InChI is InChI=1S/C19H13F2IN2O4/c20-9-5-14(24-13-3-1-10(22)7-12(13)21)18(19(23)27)17(6-9)28-11-2-4-15(25)16(26)8-11/h1-8,24-26H,(H2,23,27). The van der Waals surface area contributed by atoms with Gasteiger partial charge in [0, 0.05) is 15.7 Å². The number of nitrogens with one attached hydrogen (secondary N) is 1. The number of ether oxygens (including phenoxy) is 1. The van der Waals surface area contributed by atoms with Gasteiger partial charge in [0.1, 0.15) is 28.7 Å². The van der Waals surface area contributed by atoms with E-state index in [0.717, 1.165) is 24.3 Å². The topological polar surface area (TPSA) is 105 Å². The molecule has 6 nitrogen and oxygen atoms in total. The third-order valence-electron chi connectivity index (χ3n) is 3.69. The van der Waals surface area contributed by atoms with Crippen LogP contribution in [0.1, 0.15) is 10.4 Å². The van der Waals surface area contributed by atoms with E-state index in [2.05, 4.69) is 5.32 Å². The van der Waals surface area contributed by atoms with E-state index >= 15 is 0 Å². The van der Waals surface area contributed by atoms with Gasteiger partial charge in [-0.3, -0.25) is 4.79 Å². The zero-order valence-electron chi connectivity index (χ0n) is 14.0. The van der Waals surface area contributed by atoms with Crippen LogP contribution >= 0.6 is 22.6 Å². The highest BCUT2D eigenvalue weighted by Gasteiger charge is 2.20. The maximum atomic E-state index is 14.1. The molecule has 0 radical (unpaired) electrons. The number of hydrogen-bond donors (Lipinski definition) is 4. The lowest BCUT2D eigenvalue weighted by molar-refractivity contribution is 0.0999. The Morgan fingerprint density at radius 1 is 1.00 bits per heavy atom. The predicted molar refractivity (Wildman–Crippen MR) is 107 cm³/mol. The minimum Gasteiger partial charge on any atom is -0.504 e. The van der Waals surface area contributed by atoms with Crippen LogP contribution in [-0.4, -0.2) is 16.1 Å². The first kappa shape index (κ1) is 19.7. The monoisotopic (exact) mass is 498 g/mol. The molecule has 0 saturated heterocycles. The molecule has 0 aliphatic carbocycles. The molecule has 0 atom stereocenters. The average Bonchev–Trinajstić information content (AvgIpc) is 2.60. The molecule has 0 unspecified atom stereocenters. The summed E-state index contributed by atoms with van der Waals surface area (Å²) in [5, 5.41) is 21.6. The third-order valence-corrected chi connectivity index (χ3v) is 4.36. The number of carbonyl (C=O) groups excluding carboxylic acids is 1. The second-order valence-corrected chi connectivity index (χ2v) is 6.94. The second kappa shape index (κ2) is 7.89. The average molecular weight is 498 g/mol. The fourth-order valence-corrected chi connectivity index (χ4v) is 2.90. The summed E-state index contributed by atoms with van der Waals surface area (Å²) in [6.45, 7) is 0. The van der Waals surface area contributed by atoms with Crippen molar-refractivity contribution in [3.63, 3.8) is 0 Å². The number of phenolic OH excluding ortho intramolecular Hbond substituents is 2. The van der Waals surface area contributed by atoms with Gasteiger partial charge in [-0.2, -0.15) is 0 Å². The summed E-state index contributed by atoms with van der Waals surface area (Å²) in [7, 11) is 0. The SMILES string of the molecule is NC(=O)c1c(Nc2ccc(I)cc2F)cc(F)cc1Oc1ccc(O)c(O)c1. The lowest BCUT2D eigenvalue weighted by Crippen LogP contribution is -2.15. The third kappa shape index (κ3) is 4.25. The van der Waals surface area contributed by atoms with Crippen molar-refractivity contribution in [1.29, 1.82) is 0 Å². The molecule has 9 heteroatoms. The Morgan fingerprint density at radius 2 is 1.75 bits per heavy atom. The van der Waals surface area contributed by atoms with E-state index in [1.165, 1.54) is 18.2 Å². The van der Waals surface area contributed by atoms with Crippen molar-refractivity contribution in [2.45, 2.75) is 0 Å². The van der Waals surface area contributed by atoms with Crippen molar-refractivity contribution in [1.82, 2.24) is 0 Å². The molecule has 28 heavy (non-hydrogen) atoms. The fraction of sp³-hybridized carbons (Fsp3) is 0. The minimum absolute atomic E-state index is 0.0155. The predicted octanol–water partition coefficient (Wildman–Crippen LogP) is 4.62. The van der Waals surface area contributed by atoms with Gasteiger partial charge in [0.2, 0.25) is 0 Å². The molecule has 0 aromatic heterocycles. The summed E-state index contributed by atoms with van der Waals surface area (Å²) in [5.41, 5.74) is 5.13. The summed E-state index contributed by atoms with van der Waals surface area (Å²) in [6.07, 6.45) is 0. The first-order valence-corrected chi connectivity index (χ1v) is 8.87. The molecule has 3 aromatic carbocycles.